The van der Waals surface area contributed by atoms with Crippen LogP contribution in [0.5, 0.6) is 0 Å². The Hall–Kier alpha value is -2.08. The molecule has 0 spiro atoms. The smallest absolute Gasteiger partial charge is 0.336 e. The molecule has 0 saturated carbocycles. The SMILES string of the molecule is Cc1ccc(NC(=O)NCCCCN(C)C)cc1C(=O)O. The zero-order valence-corrected chi connectivity index (χ0v) is 12.8. The lowest BCUT2D eigenvalue weighted by atomic mass is 10.1. The Labute approximate surface area is 125 Å². The van der Waals surface area contributed by atoms with E-state index in [0.717, 1.165) is 19.4 Å². The molecule has 0 heterocycles. The van der Waals surface area contributed by atoms with Crippen molar-refractivity contribution in [2.75, 3.05) is 32.5 Å². The Bertz CT molecular complexity index is 501. The third kappa shape index (κ3) is 6.27. The van der Waals surface area contributed by atoms with Gasteiger partial charge >= 0.3 is 12.0 Å². The van der Waals surface area contributed by atoms with Crippen molar-refractivity contribution in [1.82, 2.24) is 10.2 Å². The zero-order valence-electron chi connectivity index (χ0n) is 12.8. The first-order chi connectivity index (χ1) is 9.90. The minimum Gasteiger partial charge on any atom is -0.478 e. The van der Waals surface area contributed by atoms with E-state index in [1.807, 2.05) is 14.1 Å². The van der Waals surface area contributed by atoms with Crippen molar-refractivity contribution >= 4 is 17.7 Å². The summed E-state index contributed by atoms with van der Waals surface area (Å²) in [6.07, 6.45) is 1.92. The van der Waals surface area contributed by atoms with E-state index in [9.17, 15) is 9.59 Å². The highest BCUT2D eigenvalue weighted by molar-refractivity contribution is 5.94. The molecule has 0 saturated heterocycles. The molecule has 0 aliphatic rings. The fraction of sp³-hybridized carbons (Fsp3) is 0.467. The number of benzene rings is 1. The minimum absolute atomic E-state index is 0.193. The number of aryl methyl sites for hydroxylation is 1. The van der Waals surface area contributed by atoms with Crippen LogP contribution < -0.4 is 10.6 Å². The number of hydrogen-bond acceptors (Lipinski definition) is 3. The number of anilines is 1. The van der Waals surface area contributed by atoms with Crippen LogP contribution in [0.25, 0.3) is 0 Å². The van der Waals surface area contributed by atoms with Crippen LogP contribution >= 0.6 is 0 Å². The van der Waals surface area contributed by atoms with Crippen LogP contribution in [0.4, 0.5) is 10.5 Å². The highest BCUT2D eigenvalue weighted by atomic mass is 16.4. The molecule has 0 radical (unpaired) electrons. The number of rotatable bonds is 7. The second-order valence-electron chi connectivity index (χ2n) is 5.23. The number of carbonyl (C=O) groups excluding carboxylic acids is 1. The number of urea groups is 1. The van der Waals surface area contributed by atoms with Crippen LogP contribution in [0.15, 0.2) is 18.2 Å². The van der Waals surface area contributed by atoms with E-state index in [1.165, 1.54) is 6.07 Å². The summed E-state index contributed by atoms with van der Waals surface area (Å²) in [5.41, 5.74) is 1.33. The van der Waals surface area contributed by atoms with E-state index >= 15 is 0 Å². The van der Waals surface area contributed by atoms with Gasteiger partial charge in [0.25, 0.3) is 0 Å². The van der Waals surface area contributed by atoms with E-state index in [2.05, 4.69) is 15.5 Å². The Balaban J connectivity index is 2.41. The number of unbranched alkanes of at least 4 members (excludes halogenated alkanes) is 1. The lowest BCUT2D eigenvalue weighted by Crippen LogP contribution is -2.30. The average Bonchev–Trinajstić information content (AvgIpc) is 2.40. The molecule has 0 unspecified atom stereocenters. The van der Waals surface area contributed by atoms with Gasteiger partial charge in [-0.1, -0.05) is 6.07 Å². The number of aromatic carboxylic acids is 1. The lowest BCUT2D eigenvalue weighted by Gasteiger charge is -2.11. The quantitative estimate of drug-likeness (QED) is 0.673. The number of carbonyl (C=O) groups is 2. The molecule has 6 heteroatoms. The molecule has 0 fully saturated rings. The standard InChI is InChI=1S/C15H23N3O3/c1-11-6-7-12(10-13(11)14(19)20)17-15(21)16-8-4-5-9-18(2)3/h6-7,10H,4-5,8-9H2,1-3H3,(H,19,20)(H2,16,17,21). The van der Waals surface area contributed by atoms with Gasteiger partial charge in [-0.05, 0) is 58.1 Å². The van der Waals surface area contributed by atoms with Crippen LogP contribution in [-0.4, -0.2) is 49.2 Å². The summed E-state index contributed by atoms with van der Waals surface area (Å²) in [4.78, 5) is 24.8. The Morgan fingerprint density at radius 2 is 1.95 bits per heavy atom. The molecule has 1 aromatic rings. The lowest BCUT2D eigenvalue weighted by molar-refractivity contribution is 0.0696. The van der Waals surface area contributed by atoms with Gasteiger partial charge in [0.15, 0.2) is 0 Å². The van der Waals surface area contributed by atoms with Crippen LogP contribution in [0.3, 0.4) is 0 Å². The topological polar surface area (TPSA) is 81.7 Å². The number of carboxylic acid groups (broad SMARTS) is 1. The molecular weight excluding hydrogens is 270 g/mol. The van der Waals surface area contributed by atoms with Gasteiger partial charge in [0.1, 0.15) is 0 Å². The van der Waals surface area contributed by atoms with Crippen LogP contribution in [0.2, 0.25) is 0 Å². The van der Waals surface area contributed by atoms with Crippen LogP contribution in [-0.2, 0) is 0 Å². The summed E-state index contributed by atoms with van der Waals surface area (Å²) >= 11 is 0. The van der Waals surface area contributed by atoms with Crippen molar-refractivity contribution in [3.05, 3.63) is 29.3 Å². The summed E-state index contributed by atoms with van der Waals surface area (Å²) in [6.45, 7) is 3.30. The van der Waals surface area contributed by atoms with E-state index < -0.39 is 5.97 Å². The van der Waals surface area contributed by atoms with Crippen molar-refractivity contribution in [2.24, 2.45) is 0 Å². The Morgan fingerprint density at radius 1 is 1.24 bits per heavy atom. The summed E-state index contributed by atoms with van der Waals surface area (Å²) in [6, 6.07) is 4.51. The second kappa shape index (κ2) is 8.26. The predicted octanol–water partition coefficient (Wildman–Crippen LogP) is 2.16. The number of hydrogen-bond donors (Lipinski definition) is 3. The van der Waals surface area contributed by atoms with Gasteiger partial charge in [-0.15, -0.1) is 0 Å². The fourth-order valence-corrected chi connectivity index (χ4v) is 1.86. The molecule has 1 rings (SSSR count). The highest BCUT2D eigenvalue weighted by Crippen LogP contribution is 2.15. The van der Waals surface area contributed by atoms with E-state index in [0.29, 0.717) is 17.8 Å². The normalized spacial score (nSPS) is 10.5. The maximum absolute atomic E-state index is 11.7. The third-order valence-corrected chi connectivity index (χ3v) is 3.04. The summed E-state index contributed by atoms with van der Waals surface area (Å²) in [5, 5.41) is 14.4. The maximum atomic E-state index is 11.7. The summed E-state index contributed by atoms with van der Waals surface area (Å²) < 4.78 is 0. The monoisotopic (exact) mass is 293 g/mol. The molecule has 6 nitrogen and oxygen atoms in total. The fourth-order valence-electron chi connectivity index (χ4n) is 1.86. The maximum Gasteiger partial charge on any atom is 0.336 e. The molecule has 1 aromatic carbocycles. The van der Waals surface area contributed by atoms with Gasteiger partial charge in [0, 0.05) is 12.2 Å². The molecule has 3 N–H and O–H groups in total. The van der Waals surface area contributed by atoms with Crippen molar-refractivity contribution in [1.29, 1.82) is 0 Å². The second-order valence-corrected chi connectivity index (χ2v) is 5.23. The molecule has 0 aliphatic heterocycles. The number of nitrogens with zero attached hydrogens (tertiary/aromatic N) is 1. The zero-order chi connectivity index (χ0) is 15.8. The molecule has 116 valence electrons. The largest absolute Gasteiger partial charge is 0.478 e. The molecule has 0 aliphatic carbocycles. The van der Waals surface area contributed by atoms with Crippen molar-refractivity contribution in [3.63, 3.8) is 0 Å². The molecule has 0 bridgehead atoms. The molecular formula is C15H23N3O3. The van der Waals surface area contributed by atoms with Gasteiger partial charge in [-0.3, -0.25) is 0 Å². The molecule has 0 aromatic heterocycles. The van der Waals surface area contributed by atoms with Crippen molar-refractivity contribution in [3.8, 4) is 0 Å². The van der Waals surface area contributed by atoms with Crippen LogP contribution in [0.1, 0.15) is 28.8 Å². The first-order valence-corrected chi connectivity index (χ1v) is 6.93. The van der Waals surface area contributed by atoms with Crippen molar-refractivity contribution in [2.45, 2.75) is 19.8 Å². The van der Waals surface area contributed by atoms with Gasteiger partial charge in [0.2, 0.25) is 0 Å². The van der Waals surface area contributed by atoms with Gasteiger partial charge in [0.05, 0.1) is 5.56 Å². The molecule has 2 amide bonds. The van der Waals surface area contributed by atoms with Crippen LogP contribution in [0, 0.1) is 6.92 Å². The molecule has 0 atom stereocenters. The number of carboxylic acids is 1. The Morgan fingerprint density at radius 3 is 2.57 bits per heavy atom. The summed E-state index contributed by atoms with van der Waals surface area (Å²) in [5.74, 6) is -1.000. The predicted molar refractivity (Wildman–Crippen MR) is 82.9 cm³/mol. The van der Waals surface area contributed by atoms with E-state index in [-0.39, 0.29) is 11.6 Å². The first kappa shape index (κ1) is 17.0. The molecule has 21 heavy (non-hydrogen) atoms. The van der Waals surface area contributed by atoms with E-state index in [4.69, 9.17) is 5.11 Å². The number of nitrogens with one attached hydrogen (secondary N) is 2. The minimum atomic E-state index is -1.000. The Kier molecular flexibility index (Phi) is 6.68. The van der Waals surface area contributed by atoms with Gasteiger partial charge in [-0.2, -0.15) is 0 Å². The number of amides is 2. The van der Waals surface area contributed by atoms with Crippen molar-refractivity contribution < 1.29 is 14.7 Å². The first-order valence-electron chi connectivity index (χ1n) is 6.93. The average molecular weight is 293 g/mol. The van der Waals surface area contributed by atoms with Gasteiger partial charge < -0.3 is 20.6 Å². The summed E-state index contributed by atoms with van der Waals surface area (Å²) in [7, 11) is 4.02. The third-order valence-electron chi connectivity index (χ3n) is 3.04. The highest BCUT2D eigenvalue weighted by Gasteiger charge is 2.09. The van der Waals surface area contributed by atoms with Gasteiger partial charge in [-0.25, -0.2) is 9.59 Å². The van der Waals surface area contributed by atoms with E-state index in [1.54, 1.807) is 19.1 Å².